The molecular weight excluding hydrogens is 271 g/mol. The zero-order valence-corrected chi connectivity index (χ0v) is 11.7. The fraction of sp³-hybridized carbons (Fsp3) is 0.462. The zero-order chi connectivity index (χ0) is 13.1. The fourth-order valence-corrected chi connectivity index (χ4v) is 2.61. The first-order valence-corrected chi connectivity index (χ1v) is 6.82. The predicted octanol–water partition coefficient (Wildman–Crippen LogP) is 2.92. The summed E-state index contributed by atoms with van der Waals surface area (Å²) in [5.41, 5.74) is 0.843. The van der Waals surface area contributed by atoms with Gasteiger partial charge in [0.1, 0.15) is 0 Å². The van der Waals surface area contributed by atoms with Gasteiger partial charge in [0.15, 0.2) is 0 Å². The molecule has 2 rings (SSSR count). The third kappa shape index (κ3) is 3.16. The standard InChI is InChI=1S/C13H16Cl2N2O/c1-8(10-7-9(14)4-5-11(10)15)17-13(18)12-3-2-6-16-12/h4-5,7-8,12,16H,2-3,6H2,1H3,(H,17,18). The average Bonchev–Trinajstić information content (AvgIpc) is 2.85. The zero-order valence-electron chi connectivity index (χ0n) is 10.2. The molecule has 0 saturated carbocycles. The maximum absolute atomic E-state index is 12.0. The highest BCUT2D eigenvalue weighted by Crippen LogP contribution is 2.26. The second kappa shape index (κ2) is 5.91. The molecule has 2 atom stereocenters. The monoisotopic (exact) mass is 286 g/mol. The van der Waals surface area contributed by atoms with Crippen molar-refractivity contribution in [1.29, 1.82) is 0 Å². The molecule has 1 aromatic carbocycles. The first kappa shape index (κ1) is 13.7. The Kier molecular flexibility index (Phi) is 4.49. The van der Waals surface area contributed by atoms with Crippen LogP contribution in [-0.2, 0) is 4.79 Å². The number of carbonyl (C=O) groups is 1. The van der Waals surface area contributed by atoms with Crippen LogP contribution in [0.25, 0.3) is 0 Å². The number of benzene rings is 1. The van der Waals surface area contributed by atoms with Crippen LogP contribution in [0.4, 0.5) is 0 Å². The van der Waals surface area contributed by atoms with E-state index in [0.717, 1.165) is 24.9 Å². The van der Waals surface area contributed by atoms with Crippen LogP contribution in [0.3, 0.4) is 0 Å². The van der Waals surface area contributed by atoms with Crippen LogP contribution in [0, 0.1) is 0 Å². The molecule has 98 valence electrons. The van der Waals surface area contributed by atoms with Gasteiger partial charge in [-0.05, 0) is 50.1 Å². The molecule has 1 amide bonds. The predicted molar refractivity (Wildman–Crippen MR) is 74.0 cm³/mol. The van der Waals surface area contributed by atoms with Gasteiger partial charge >= 0.3 is 0 Å². The van der Waals surface area contributed by atoms with E-state index in [4.69, 9.17) is 23.2 Å². The second-order valence-electron chi connectivity index (χ2n) is 4.55. The van der Waals surface area contributed by atoms with Gasteiger partial charge in [0.25, 0.3) is 0 Å². The van der Waals surface area contributed by atoms with E-state index >= 15 is 0 Å². The molecule has 1 saturated heterocycles. The minimum atomic E-state index is -0.147. The van der Waals surface area contributed by atoms with E-state index in [1.54, 1.807) is 18.2 Å². The Labute approximate surface area is 117 Å². The van der Waals surface area contributed by atoms with E-state index in [0.29, 0.717) is 10.0 Å². The Morgan fingerprint density at radius 1 is 1.50 bits per heavy atom. The quantitative estimate of drug-likeness (QED) is 0.897. The first-order chi connectivity index (χ1) is 8.58. The number of amides is 1. The molecule has 0 aliphatic carbocycles. The maximum Gasteiger partial charge on any atom is 0.237 e. The van der Waals surface area contributed by atoms with E-state index in [9.17, 15) is 4.79 Å². The Balaban J connectivity index is 2.04. The maximum atomic E-state index is 12.0. The van der Waals surface area contributed by atoms with Crippen molar-refractivity contribution in [3.63, 3.8) is 0 Å². The molecule has 1 aliphatic rings. The van der Waals surface area contributed by atoms with Crippen molar-refractivity contribution in [3.8, 4) is 0 Å². The first-order valence-electron chi connectivity index (χ1n) is 6.06. The molecule has 0 aromatic heterocycles. The summed E-state index contributed by atoms with van der Waals surface area (Å²) in [6.45, 7) is 2.81. The van der Waals surface area contributed by atoms with E-state index in [2.05, 4.69) is 10.6 Å². The van der Waals surface area contributed by atoms with E-state index in [1.165, 1.54) is 0 Å². The smallest absolute Gasteiger partial charge is 0.237 e. The van der Waals surface area contributed by atoms with Gasteiger partial charge in [-0.25, -0.2) is 0 Å². The van der Waals surface area contributed by atoms with E-state index in [1.807, 2.05) is 6.92 Å². The summed E-state index contributed by atoms with van der Waals surface area (Å²) in [5, 5.41) is 7.37. The molecule has 2 N–H and O–H groups in total. The van der Waals surface area contributed by atoms with Gasteiger partial charge in [-0.3, -0.25) is 4.79 Å². The van der Waals surface area contributed by atoms with Crippen molar-refractivity contribution >= 4 is 29.1 Å². The van der Waals surface area contributed by atoms with Gasteiger partial charge in [0, 0.05) is 10.0 Å². The third-order valence-corrected chi connectivity index (χ3v) is 3.74. The van der Waals surface area contributed by atoms with Gasteiger partial charge in [0.2, 0.25) is 5.91 Å². The summed E-state index contributed by atoms with van der Waals surface area (Å²) in [5.74, 6) is 0.0241. The fourth-order valence-electron chi connectivity index (χ4n) is 2.15. The van der Waals surface area contributed by atoms with E-state index in [-0.39, 0.29) is 18.0 Å². The molecule has 1 aliphatic heterocycles. The molecular formula is C13H16Cl2N2O. The minimum Gasteiger partial charge on any atom is -0.348 e. The molecule has 0 spiro atoms. The Hall–Kier alpha value is -0.770. The molecule has 18 heavy (non-hydrogen) atoms. The second-order valence-corrected chi connectivity index (χ2v) is 5.39. The van der Waals surface area contributed by atoms with Crippen LogP contribution < -0.4 is 10.6 Å². The molecule has 1 heterocycles. The van der Waals surface area contributed by atoms with Crippen LogP contribution in [0.15, 0.2) is 18.2 Å². The molecule has 1 fully saturated rings. The molecule has 5 heteroatoms. The van der Waals surface area contributed by atoms with Crippen LogP contribution >= 0.6 is 23.2 Å². The van der Waals surface area contributed by atoms with Gasteiger partial charge < -0.3 is 10.6 Å². The number of carbonyl (C=O) groups excluding carboxylic acids is 1. The number of halogens is 2. The minimum absolute atomic E-state index is 0.0241. The van der Waals surface area contributed by atoms with Crippen molar-refractivity contribution in [2.75, 3.05) is 6.54 Å². The van der Waals surface area contributed by atoms with Crippen LogP contribution in [-0.4, -0.2) is 18.5 Å². The van der Waals surface area contributed by atoms with Crippen LogP contribution in [0.5, 0.6) is 0 Å². The summed E-state index contributed by atoms with van der Waals surface area (Å²) in [4.78, 5) is 12.0. The van der Waals surface area contributed by atoms with Crippen molar-refractivity contribution in [2.24, 2.45) is 0 Å². The summed E-state index contributed by atoms with van der Waals surface area (Å²) < 4.78 is 0. The Morgan fingerprint density at radius 2 is 2.28 bits per heavy atom. The molecule has 1 aromatic rings. The number of hydrogen-bond acceptors (Lipinski definition) is 2. The van der Waals surface area contributed by atoms with Crippen molar-refractivity contribution < 1.29 is 4.79 Å². The largest absolute Gasteiger partial charge is 0.348 e. The highest BCUT2D eigenvalue weighted by molar-refractivity contribution is 6.33. The molecule has 0 bridgehead atoms. The lowest BCUT2D eigenvalue weighted by Crippen LogP contribution is -2.41. The highest BCUT2D eigenvalue weighted by atomic mass is 35.5. The summed E-state index contributed by atoms with van der Waals surface area (Å²) >= 11 is 12.0. The van der Waals surface area contributed by atoms with Crippen LogP contribution in [0.1, 0.15) is 31.4 Å². The van der Waals surface area contributed by atoms with Crippen molar-refractivity contribution in [1.82, 2.24) is 10.6 Å². The Bertz CT molecular complexity index is 445. The third-order valence-electron chi connectivity index (χ3n) is 3.16. The highest BCUT2D eigenvalue weighted by Gasteiger charge is 2.23. The molecule has 3 nitrogen and oxygen atoms in total. The van der Waals surface area contributed by atoms with Gasteiger partial charge in [-0.15, -0.1) is 0 Å². The number of rotatable bonds is 3. The van der Waals surface area contributed by atoms with Crippen molar-refractivity contribution in [2.45, 2.75) is 31.8 Å². The van der Waals surface area contributed by atoms with Gasteiger partial charge in [0.05, 0.1) is 12.1 Å². The van der Waals surface area contributed by atoms with Crippen LogP contribution in [0.2, 0.25) is 10.0 Å². The lowest BCUT2D eigenvalue weighted by molar-refractivity contribution is -0.123. The number of hydrogen-bond donors (Lipinski definition) is 2. The SMILES string of the molecule is CC(NC(=O)C1CCCN1)c1cc(Cl)ccc1Cl. The average molecular weight is 287 g/mol. The summed E-state index contributed by atoms with van der Waals surface area (Å²) in [7, 11) is 0. The number of nitrogens with one attached hydrogen (secondary N) is 2. The van der Waals surface area contributed by atoms with Gasteiger partial charge in [-0.1, -0.05) is 23.2 Å². The molecule has 0 radical (unpaired) electrons. The lowest BCUT2D eigenvalue weighted by atomic mass is 10.1. The lowest BCUT2D eigenvalue weighted by Gasteiger charge is -2.18. The van der Waals surface area contributed by atoms with E-state index < -0.39 is 0 Å². The summed E-state index contributed by atoms with van der Waals surface area (Å²) in [6.07, 6.45) is 1.94. The summed E-state index contributed by atoms with van der Waals surface area (Å²) in [6, 6.07) is 5.05. The molecule has 2 unspecified atom stereocenters. The van der Waals surface area contributed by atoms with Crippen molar-refractivity contribution in [3.05, 3.63) is 33.8 Å². The normalized spacial score (nSPS) is 20.7. The van der Waals surface area contributed by atoms with Gasteiger partial charge in [-0.2, -0.15) is 0 Å². The Morgan fingerprint density at radius 3 is 2.94 bits per heavy atom. The topological polar surface area (TPSA) is 41.1 Å².